The Morgan fingerprint density at radius 1 is 1.09 bits per heavy atom. The Morgan fingerprint density at radius 3 is 2.69 bits per heavy atom. The standard InChI is InChI=1S/C25H18F3N3O2S2/c26-25(27,28)16-7-4-8-17(13-16)31-23(33)22-20(11-12-34-22)30-24(31)35-14-21(32)29-19-10-3-6-15-5-1-2-9-18(15)19/h1-10,13H,11-12,14H2,(H,29,32). The second kappa shape index (κ2) is 9.43. The first-order chi connectivity index (χ1) is 16.8. The summed E-state index contributed by atoms with van der Waals surface area (Å²) in [5.41, 5.74) is 0.0422. The average molecular weight is 514 g/mol. The van der Waals surface area contributed by atoms with Gasteiger partial charge in [-0.05, 0) is 29.7 Å². The number of aryl methyl sites for hydroxylation is 1. The molecule has 0 unspecified atom stereocenters. The molecule has 0 saturated heterocycles. The van der Waals surface area contributed by atoms with Gasteiger partial charge in [-0.1, -0.05) is 54.2 Å². The van der Waals surface area contributed by atoms with Crippen LogP contribution in [0, 0.1) is 0 Å². The zero-order valence-electron chi connectivity index (χ0n) is 18.1. The van der Waals surface area contributed by atoms with Gasteiger partial charge in [0.05, 0.1) is 27.6 Å². The smallest absolute Gasteiger partial charge is 0.325 e. The Kier molecular flexibility index (Phi) is 6.33. The molecule has 4 aromatic rings. The lowest BCUT2D eigenvalue weighted by Gasteiger charge is -2.15. The summed E-state index contributed by atoms with van der Waals surface area (Å²) in [5, 5.41) is 4.94. The number of anilines is 1. The largest absolute Gasteiger partial charge is 0.416 e. The topological polar surface area (TPSA) is 64.0 Å². The van der Waals surface area contributed by atoms with E-state index < -0.39 is 17.3 Å². The Balaban J connectivity index is 1.46. The van der Waals surface area contributed by atoms with E-state index in [0.29, 0.717) is 28.5 Å². The highest BCUT2D eigenvalue weighted by molar-refractivity contribution is 8.00. The van der Waals surface area contributed by atoms with Crippen LogP contribution in [-0.4, -0.2) is 27.0 Å². The average Bonchev–Trinajstić information content (AvgIpc) is 3.32. The third-order valence-electron chi connectivity index (χ3n) is 5.49. The van der Waals surface area contributed by atoms with Crippen molar-refractivity contribution in [3.05, 3.63) is 88.3 Å². The number of nitrogens with zero attached hydrogens (tertiary/aromatic N) is 2. The lowest BCUT2D eigenvalue weighted by Crippen LogP contribution is -2.25. The molecule has 1 aliphatic rings. The number of benzene rings is 3. The van der Waals surface area contributed by atoms with Crippen LogP contribution in [0.15, 0.2) is 81.6 Å². The van der Waals surface area contributed by atoms with E-state index in [1.165, 1.54) is 28.5 Å². The minimum atomic E-state index is -4.55. The van der Waals surface area contributed by atoms with Gasteiger partial charge in [0, 0.05) is 23.2 Å². The van der Waals surface area contributed by atoms with Crippen LogP contribution in [0.1, 0.15) is 11.3 Å². The molecule has 0 fully saturated rings. The van der Waals surface area contributed by atoms with Crippen LogP contribution in [0.5, 0.6) is 0 Å². The summed E-state index contributed by atoms with van der Waals surface area (Å²) in [5.74, 6) is 0.294. The lowest BCUT2D eigenvalue weighted by atomic mass is 10.1. The van der Waals surface area contributed by atoms with Crippen LogP contribution in [0.2, 0.25) is 0 Å². The summed E-state index contributed by atoms with van der Waals surface area (Å²) in [7, 11) is 0. The number of amides is 1. The third kappa shape index (κ3) is 4.81. The van der Waals surface area contributed by atoms with Crippen LogP contribution in [0.3, 0.4) is 0 Å². The van der Waals surface area contributed by atoms with Gasteiger partial charge in [0.15, 0.2) is 5.16 Å². The van der Waals surface area contributed by atoms with Gasteiger partial charge in [-0.2, -0.15) is 13.2 Å². The fourth-order valence-electron chi connectivity index (χ4n) is 3.89. The van der Waals surface area contributed by atoms with E-state index in [-0.39, 0.29) is 22.5 Å². The summed E-state index contributed by atoms with van der Waals surface area (Å²) in [6.07, 6.45) is -3.96. The summed E-state index contributed by atoms with van der Waals surface area (Å²) in [6, 6.07) is 17.8. The van der Waals surface area contributed by atoms with Gasteiger partial charge < -0.3 is 5.32 Å². The number of halogens is 3. The van der Waals surface area contributed by atoms with Gasteiger partial charge in [0.1, 0.15) is 0 Å². The number of nitrogens with one attached hydrogen (secondary N) is 1. The van der Waals surface area contributed by atoms with Crippen molar-refractivity contribution in [3.8, 4) is 5.69 Å². The van der Waals surface area contributed by atoms with Gasteiger partial charge >= 0.3 is 6.18 Å². The summed E-state index contributed by atoms with van der Waals surface area (Å²) in [4.78, 5) is 31.0. The predicted octanol–water partition coefficient (Wildman–Crippen LogP) is 5.78. The molecular formula is C25H18F3N3O2S2. The zero-order chi connectivity index (χ0) is 24.6. The number of hydrogen-bond acceptors (Lipinski definition) is 5. The van der Waals surface area contributed by atoms with Crippen molar-refractivity contribution in [2.75, 3.05) is 16.8 Å². The van der Waals surface area contributed by atoms with Crippen molar-refractivity contribution >= 4 is 45.9 Å². The molecule has 0 aliphatic carbocycles. The van der Waals surface area contributed by atoms with Gasteiger partial charge in [-0.3, -0.25) is 14.2 Å². The second-order valence-electron chi connectivity index (χ2n) is 7.82. The molecule has 1 amide bonds. The number of aromatic nitrogens is 2. The molecule has 0 radical (unpaired) electrons. The molecule has 5 nitrogen and oxygen atoms in total. The molecule has 35 heavy (non-hydrogen) atoms. The van der Waals surface area contributed by atoms with Crippen molar-refractivity contribution in [2.45, 2.75) is 22.6 Å². The van der Waals surface area contributed by atoms with E-state index in [1.54, 1.807) is 6.07 Å². The molecule has 2 heterocycles. The summed E-state index contributed by atoms with van der Waals surface area (Å²) < 4.78 is 41.1. The van der Waals surface area contributed by atoms with Crippen LogP contribution in [0.25, 0.3) is 16.5 Å². The Labute approximate surface area is 206 Å². The Hall–Kier alpha value is -3.24. The molecule has 3 aromatic carbocycles. The highest BCUT2D eigenvalue weighted by Gasteiger charge is 2.31. The fraction of sp³-hybridized carbons (Fsp3) is 0.160. The van der Waals surface area contributed by atoms with E-state index in [2.05, 4.69) is 10.3 Å². The highest BCUT2D eigenvalue weighted by Crippen LogP contribution is 2.33. The number of carbonyl (C=O) groups excluding carboxylic acids is 1. The SMILES string of the molecule is O=C(CSc1nc2c(c(=O)n1-c1cccc(C(F)(F)F)c1)SCC2)Nc1cccc2ccccc12. The minimum Gasteiger partial charge on any atom is -0.325 e. The molecule has 1 aliphatic heterocycles. The summed E-state index contributed by atoms with van der Waals surface area (Å²) in [6.45, 7) is 0. The van der Waals surface area contributed by atoms with Crippen molar-refractivity contribution in [2.24, 2.45) is 0 Å². The zero-order valence-corrected chi connectivity index (χ0v) is 19.8. The first-order valence-electron chi connectivity index (χ1n) is 10.7. The number of fused-ring (bicyclic) bond motifs is 2. The van der Waals surface area contributed by atoms with Gasteiger partial charge in [-0.15, -0.1) is 11.8 Å². The number of thioether (sulfide) groups is 2. The van der Waals surface area contributed by atoms with Gasteiger partial charge in [-0.25, -0.2) is 4.98 Å². The maximum Gasteiger partial charge on any atom is 0.416 e. The normalized spacial score (nSPS) is 13.1. The molecule has 178 valence electrons. The minimum absolute atomic E-state index is 0.0598. The Bertz CT molecular complexity index is 1500. The van der Waals surface area contributed by atoms with Crippen LogP contribution in [-0.2, 0) is 17.4 Å². The van der Waals surface area contributed by atoms with Crippen LogP contribution < -0.4 is 10.9 Å². The predicted molar refractivity (Wildman–Crippen MR) is 133 cm³/mol. The first-order valence-corrected chi connectivity index (χ1v) is 12.6. The molecule has 1 N–H and O–H groups in total. The molecule has 5 rings (SSSR count). The quantitative estimate of drug-likeness (QED) is 0.271. The Morgan fingerprint density at radius 2 is 1.86 bits per heavy atom. The summed E-state index contributed by atoms with van der Waals surface area (Å²) >= 11 is 2.36. The number of carbonyl (C=O) groups is 1. The van der Waals surface area contributed by atoms with Crippen LogP contribution >= 0.6 is 23.5 Å². The van der Waals surface area contributed by atoms with Crippen LogP contribution in [0.4, 0.5) is 18.9 Å². The third-order valence-corrected chi connectivity index (χ3v) is 7.54. The molecule has 0 spiro atoms. The monoisotopic (exact) mass is 513 g/mol. The molecule has 0 saturated carbocycles. The van der Waals surface area contributed by atoms with E-state index >= 15 is 0 Å². The van der Waals surface area contributed by atoms with Gasteiger partial charge in [0.2, 0.25) is 5.91 Å². The molecular weight excluding hydrogens is 495 g/mol. The van der Waals surface area contributed by atoms with E-state index in [4.69, 9.17) is 0 Å². The number of hydrogen-bond donors (Lipinski definition) is 1. The molecule has 10 heteroatoms. The molecule has 0 atom stereocenters. The van der Waals surface area contributed by atoms with E-state index in [9.17, 15) is 22.8 Å². The lowest BCUT2D eigenvalue weighted by molar-refractivity contribution is -0.137. The van der Waals surface area contributed by atoms with Gasteiger partial charge in [0.25, 0.3) is 5.56 Å². The second-order valence-corrected chi connectivity index (χ2v) is 9.87. The maximum atomic E-state index is 13.3. The highest BCUT2D eigenvalue weighted by atomic mass is 32.2. The van der Waals surface area contributed by atoms with E-state index in [0.717, 1.165) is 34.7 Å². The van der Waals surface area contributed by atoms with E-state index in [1.807, 2.05) is 36.4 Å². The number of alkyl halides is 3. The van der Waals surface area contributed by atoms with Crippen molar-refractivity contribution < 1.29 is 18.0 Å². The van der Waals surface area contributed by atoms with Crippen molar-refractivity contribution in [1.29, 1.82) is 0 Å². The maximum absolute atomic E-state index is 13.3. The molecule has 1 aromatic heterocycles. The fourth-order valence-corrected chi connectivity index (χ4v) is 5.74. The first kappa shape index (κ1) is 23.5. The number of rotatable bonds is 5. The van der Waals surface area contributed by atoms with Crippen molar-refractivity contribution in [1.82, 2.24) is 9.55 Å². The van der Waals surface area contributed by atoms with Crippen molar-refractivity contribution in [3.63, 3.8) is 0 Å². The molecule has 0 bridgehead atoms.